The summed E-state index contributed by atoms with van der Waals surface area (Å²) >= 11 is 0. The minimum atomic E-state index is 0.0255. The Morgan fingerprint density at radius 2 is 1.96 bits per heavy atom. The zero-order valence-corrected chi connectivity index (χ0v) is 17.3. The summed E-state index contributed by atoms with van der Waals surface area (Å²) in [6.45, 7) is 3.48. The molecule has 0 unspecified atom stereocenters. The molecule has 28 heavy (non-hydrogen) atoms. The highest BCUT2D eigenvalue weighted by atomic mass is 16.2. The van der Waals surface area contributed by atoms with Crippen molar-refractivity contribution in [2.24, 2.45) is 7.05 Å². The van der Waals surface area contributed by atoms with Crippen LogP contribution in [0.5, 0.6) is 0 Å². The molecule has 1 aromatic carbocycles. The van der Waals surface area contributed by atoms with Crippen LogP contribution in [0.4, 0.5) is 0 Å². The number of benzene rings is 1. The molecule has 0 aliphatic carbocycles. The van der Waals surface area contributed by atoms with Crippen LogP contribution in [0.1, 0.15) is 54.9 Å². The zero-order valence-electron chi connectivity index (χ0n) is 17.3. The maximum atomic E-state index is 13.6. The van der Waals surface area contributed by atoms with Gasteiger partial charge in [0.1, 0.15) is 0 Å². The lowest BCUT2D eigenvalue weighted by atomic mass is 9.84. The molecule has 3 atom stereocenters. The second-order valence-corrected chi connectivity index (χ2v) is 8.81. The van der Waals surface area contributed by atoms with Crippen molar-refractivity contribution in [2.45, 2.75) is 63.1 Å². The summed E-state index contributed by atoms with van der Waals surface area (Å²) in [5.41, 5.74) is 2.03. The average molecular weight is 381 g/mol. The first kappa shape index (κ1) is 19.2. The van der Waals surface area contributed by atoms with Crippen LogP contribution in [0.2, 0.25) is 0 Å². The molecule has 150 valence electrons. The van der Waals surface area contributed by atoms with Gasteiger partial charge in [0.15, 0.2) is 0 Å². The Hall–Kier alpha value is -2.14. The van der Waals surface area contributed by atoms with Gasteiger partial charge in [0.2, 0.25) is 0 Å². The van der Waals surface area contributed by atoms with Crippen LogP contribution < -0.4 is 0 Å². The predicted molar refractivity (Wildman–Crippen MR) is 111 cm³/mol. The fourth-order valence-electron chi connectivity index (χ4n) is 5.29. The lowest BCUT2D eigenvalue weighted by Crippen LogP contribution is -2.55. The number of hydrogen-bond donors (Lipinski definition) is 0. The Kier molecular flexibility index (Phi) is 5.28. The standard InChI is InChI=1S/C23H32N4O/c1-23-15-20(14-18-10-6-4-7-11-18)27(22(28)19-16-24-26(3)17-19)21(23)12-8-5-9-13-25(23)2/h4,6-7,10-11,16-17,20-21H,5,8-9,12-15H2,1-3H3/t20-,21+,23+/m1/s1. The zero-order chi connectivity index (χ0) is 19.7. The van der Waals surface area contributed by atoms with Crippen LogP contribution >= 0.6 is 0 Å². The van der Waals surface area contributed by atoms with E-state index in [1.165, 1.54) is 24.8 Å². The van der Waals surface area contributed by atoms with E-state index in [4.69, 9.17) is 0 Å². The molecule has 3 heterocycles. The number of aryl methyl sites for hydroxylation is 1. The molecular formula is C23H32N4O. The van der Waals surface area contributed by atoms with Crippen LogP contribution in [0.15, 0.2) is 42.7 Å². The molecule has 2 aliphatic heterocycles. The van der Waals surface area contributed by atoms with Crippen molar-refractivity contribution in [3.8, 4) is 0 Å². The summed E-state index contributed by atoms with van der Waals surface area (Å²) < 4.78 is 1.72. The third-order valence-electron chi connectivity index (χ3n) is 6.94. The van der Waals surface area contributed by atoms with Gasteiger partial charge in [-0.2, -0.15) is 5.10 Å². The number of rotatable bonds is 3. The van der Waals surface area contributed by atoms with Gasteiger partial charge in [-0.3, -0.25) is 14.4 Å². The van der Waals surface area contributed by atoms with E-state index < -0.39 is 0 Å². The molecule has 2 saturated heterocycles. The fraction of sp³-hybridized carbons (Fsp3) is 0.565. The predicted octanol–water partition coefficient (Wildman–Crippen LogP) is 3.51. The lowest BCUT2D eigenvalue weighted by Gasteiger charge is -2.43. The van der Waals surface area contributed by atoms with E-state index in [1.807, 2.05) is 13.2 Å². The number of hydrogen-bond acceptors (Lipinski definition) is 3. The van der Waals surface area contributed by atoms with Gasteiger partial charge in [-0.15, -0.1) is 0 Å². The smallest absolute Gasteiger partial charge is 0.257 e. The summed E-state index contributed by atoms with van der Waals surface area (Å²) in [4.78, 5) is 18.4. The maximum Gasteiger partial charge on any atom is 0.257 e. The highest BCUT2D eigenvalue weighted by Crippen LogP contribution is 2.43. The van der Waals surface area contributed by atoms with Crippen LogP contribution in [0.25, 0.3) is 0 Å². The highest BCUT2D eigenvalue weighted by Gasteiger charge is 2.53. The van der Waals surface area contributed by atoms with Crippen molar-refractivity contribution in [2.75, 3.05) is 13.6 Å². The second-order valence-electron chi connectivity index (χ2n) is 8.81. The first-order valence-electron chi connectivity index (χ1n) is 10.6. The molecule has 0 saturated carbocycles. The van der Waals surface area contributed by atoms with Gasteiger partial charge in [-0.1, -0.05) is 43.2 Å². The Morgan fingerprint density at radius 1 is 1.18 bits per heavy atom. The monoisotopic (exact) mass is 380 g/mol. The Balaban J connectivity index is 1.70. The van der Waals surface area contributed by atoms with Gasteiger partial charge in [0.05, 0.1) is 17.8 Å². The number of aromatic nitrogens is 2. The Morgan fingerprint density at radius 3 is 2.68 bits per heavy atom. The largest absolute Gasteiger partial charge is 0.330 e. The molecule has 2 fully saturated rings. The summed E-state index contributed by atoms with van der Waals surface area (Å²) in [6.07, 6.45) is 10.3. The second kappa shape index (κ2) is 7.70. The van der Waals surface area contributed by atoms with Crippen molar-refractivity contribution in [3.05, 3.63) is 53.9 Å². The summed E-state index contributed by atoms with van der Waals surface area (Å²) in [5.74, 6) is 0.136. The third-order valence-corrected chi connectivity index (χ3v) is 6.94. The van der Waals surface area contributed by atoms with Gasteiger partial charge in [0, 0.05) is 24.8 Å². The quantitative estimate of drug-likeness (QED) is 0.818. The van der Waals surface area contributed by atoms with Crippen LogP contribution in [-0.4, -0.2) is 56.7 Å². The van der Waals surface area contributed by atoms with Gasteiger partial charge < -0.3 is 4.90 Å². The van der Waals surface area contributed by atoms with Crippen LogP contribution in [0, 0.1) is 0 Å². The average Bonchev–Trinajstić information content (AvgIpc) is 3.22. The lowest BCUT2D eigenvalue weighted by molar-refractivity contribution is 0.0453. The van der Waals surface area contributed by atoms with Gasteiger partial charge in [0.25, 0.3) is 5.91 Å². The number of likely N-dealkylation sites (tertiary alicyclic amines) is 2. The molecule has 4 rings (SSSR count). The molecule has 0 radical (unpaired) electrons. The molecular weight excluding hydrogens is 348 g/mol. The molecule has 5 nitrogen and oxygen atoms in total. The Labute approximate surface area is 168 Å². The first-order valence-corrected chi connectivity index (χ1v) is 10.6. The molecule has 1 aromatic heterocycles. The molecule has 0 spiro atoms. The number of carbonyl (C=O) groups is 1. The third kappa shape index (κ3) is 3.48. The number of amides is 1. The van der Waals surface area contributed by atoms with E-state index in [9.17, 15) is 4.79 Å². The number of likely N-dealkylation sites (N-methyl/N-ethyl adjacent to an activating group) is 1. The normalized spacial score (nSPS) is 28.6. The van der Waals surface area contributed by atoms with E-state index in [2.05, 4.69) is 59.2 Å². The summed E-state index contributed by atoms with van der Waals surface area (Å²) in [6, 6.07) is 11.1. The van der Waals surface area contributed by atoms with E-state index in [-0.39, 0.29) is 23.5 Å². The minimum absolute atomic E-state index is 0.0255. The van der Waals surface area contributed by atoms with Crippen molar-refractivity contribution in [1.29, 1.82) is 0 Å². The van der Waals surface area contributed by atoms with Crippen LogP contribution in [-0.2, 0) is 13.5 Å². The van der Waals surface area contributed by atoms with Crippen molar-refractivity contribution in [3.63, 3.8) is 0 Å². The van der Waals surface area contributed by atoms with E-state index in [0.29, 0.717) is 5.56 Å². The first-order chi connectivity index (χ1) is 13.5. The summed E-state index contributed by atoms with van der Waals surface area (Å²) in [5, 5.41) is 4.25. The molecule has 2 aromatic rings. The molecule has 0 bridgehead atoms. The fourth-order valence-corrected chi connectivity index (χ4v) is 5.29. The molecule has 1 amide bonds. The summed E-state index contributed by atoms with van der Waals surface area (Å²) in [7, 11) is 4.12. The van der Waals surface area contributed by atoms with Crippen molar-refractivity contribution >= 4 is 5.91 Å². The van der Waals surface area contributed by atoms with Crippen molar-refractivity contribution < 1.29 is 4.79 Å². The van der Waals surface area contributed by atoms with Gasteiger partial charge in [-0.05, 0) is 51.8 Å². The molecule has 2 aliphatic rings. The number of fused-ring (bicyclic) bond motifs is 1. The highest BCUT2D eigenvalue weighted by molar-refractivity contribution is 5.94. The van der Waals surface area contributed by atoms with Crippen LogP contribution in [0.3, 0.4) is 0 Å². The van der Waals surface area contributed by atoms with E-state index in [0.717, 1.165) is 25.8 Å². The van der Waals surface area contributed by atoms with Gasteiger partial charge in [-0.25, -0.2) is 0 Å². The topological polar surface area (TPSA) is 41.4 Å². The van der Waals surface area contributed by atoms with E-state index >= 15 is 0 Å². The van der Waals surface area contributed by atoms with E-state index in [1.54, 1.807) is 10.9 Å². The Bertz CT molecular complexity index is 817. The maximum absolute atomic E-state index is 13.6. The van der Waals surface area contributed by atoms with Crippen molar-refractivity contribution in [1.82, 2.24) is 19.6 Å². The number of nitrogens with zero attached hydrogens (tertiary/aromatic N) is 4. The molecule has 5 heteroatoms. The molecule has 0 N–H and O–H groups in total. The van der Waals surface area contributed by atoms with Gasteiger partial charge >= 0.3 is 0 Å². The SMILES string of the molecule is CN1CCCCC[C@@H]2N(C(=O)c3cnn(C)c3)[C@H](Cc3ccccc3)C[C@@]21C. The minimum Gasteiger partial charge on any atom is -0.330 e. The number of carbonyl (C=O) groups excluding carboxylic acids is 1.